The third kappa shape index (κ3) is 7.85. The maximum absolute atomic E-state index is 14.2. The second-order valence-electron chi connectivity index (χ2n) is 18.1. The molecule has 13 nitrogen and oxygen atoms in total. The highest BCUT2D eigenvalue weighted by molar-refractivity contribution is 5.87. The molecule has 2 saturated carbocycles. The summed E-state index contributed by atoms with van der Waals surface area (Å²) in [5.41, 5.74) is 5.82. The first-order valence-electron chi connectivity index (χ1n) is 21.5. The van der Waals surface area contributed by atoms with E-state index < -0.39 is 12.1 Å². The van der Waals surface area contributed by atoms with Crippen LogP contribution in [0.1, 0.15) is 105 Å². The fraction of sp³-hybridized carbons (Fsp3) is 0.543. The van der Waals surface area contributed by atoms with E-state index in [1.807, 2.05) is 47.5 Å². The van der Waals surface area contributed by atoms with Crippen molar-refractivity contribution in [2.75, 3.05) is 46.6 Å². The Morgan fingerprint density at radius 2 is 1.49 bits per heavy atom. The lowest BCUT2D eigenvalue weighted by atomic mass is 9.90. The molecular formula is C46H53N7O6. The molecule has 3 atom stereocenters. The van der Waals surface area contributed by atoms with Gasteiger partial charge in [-0.25, -0.2) is 14.8 Å². The number of ether oxygens (including phenoxy) is 3. The largest absolute Gasteiger partial charge is 0.453 e. The first-order chi connectivity index (χ1) is 28.8. The highest BCUT2D eigenvalue weighted by Crippen LogP contribution is 2.59. The van der Waals surface area contributed by atoms with Crippen molar-refractivity contribution in [2.24, 2.45) is 22.7 Å². The second-order valence-corrected chi connectivity index (χ2v) is 18.1. The molecule has 4 aromatic rings. The number of alkyl carbamates (subject to hydrolysis) is 1. The number of fused-ring (bicyclic) bond motifs is 1. The van der Waals surface area contributed by atoms with Gasteiger partial charge in [-0.15, -0.1) is 0 Å². The number of carbonyl (C=O) groups is 3. The van der Waals surface area contributed by atoms with E-state index in [2.05, 4.69) is 38.1 Å². The van der Waals surface area contributed by atoms with Crippen LogP contribution in [0.15, 0.2) is 48.7 Å². The van der Waals surface area contributed by atoms with Gasteiger partial charge in [-0.3, -0.25) is 9.59 Å². The van der Waals surface area contributed by atoms with Gasteiger partial charge >= 0.3 is 6.09 Å². The smallest absolute Gasteiger partial charge is 0.407 e. The van der Waals surface area contributed by atoms with E-state index in [1.165, 1.54) is 20.0 Å². The number of aromatic nitrogens is 4. The standard InChI is InChI=1S/C46H53N7O6/c1-57-44(56)51-40(33-12-20-59-21-13-33)43(55)53-28-46(16-17-46)24-37(53)41-47-26-36(50-41)32-7-4-29(5-8-32)2-3-30-6-9-34-35(22-30)49-42(48-34)38-25-45(14-15-45)27-52(38)39(54)23-31-10-18-58-19-11-31/h4-9,22,26,31,33,37-38,40H,10-21,23-25,27-28H2,1H3,(H,47,50)(H,48,49)(H,51,56)/t37-,38-,40-/m0/s1. The lowest BCUT2D eigenvalue weighted by Crippen LogP contribution is -2.53. The molecule has 0 unspecified atom stereocenters. The quantitative estimate of drug-likeness (QED) is 0.173. The number of amides is 3. The Morgan fingerprint density at radius 3 is 2.19 bits per heavy atom. The van der Waals surface area contributed by atoms with Gasteiger partial charge in [0.2, 0.25) is 11.8 Å². The van der Waals surface area contributed by atoms with Gasteiger partial charge in [0.1, 0.15) is 17.7 Å². The average Bonchev–Trinajstić information content (AvgIpc) is 3.88. The molecule has 3 amide bonds. The van der Waals surface area contributed by atoms with Crippen molar-refractivity contribution in [2.45, 2.75) is 88.8 Å². The third-order valence-electron chi connectivity index (χ3n) is 14.1. The second kappa shape index (κ2) is 15.4. The molecule has 0 bridgehead atoms. The first-order valence-corrected chi connectivity index (χ1v) is 21.5. The van der Waals surface area contributed by atoms with Gasteiger partial charge in [-0.2, -0.15) is 0 Å². The number of carbonyl (C=O) groups excluding carboxylic acids is 3. The van der Waals surface area contributed by atoms with E-state index in [-0.39, 0.29) is 40.6 Å². The fourth-order valence-electron chi connectivity index (χ4n) is 10.1. The predicted molar refractivity (Wildman–Crippen MR) is 219 cm³/mol. The highest BCUT2D eigenvalue weighted by atomic mass is 16.5. The van der Waals surface area contributed by atoms with Gasteiger partial charge in [0, 0.05) is 57.1 Å². The van der Waals surface area contributed by atoms with Crippen LogP contribution in [0.2, 0.25) is 0 Å². The van der Waals surface area contributed by atoms with Crippen LogP contribution in [0, 0.1) is 34.5 Å². The van der Waals surface area contributed by atoms with E-state index in [0.717, 1.165) is 103 Å². The summed E-state index contributed by atoms with van der Waals surface area (Å²) in [5, 5.41) is 2.86. The van der Waals surface area contributed by atoms with Crippen LogP contribution >= 0.6 is 0 Å². The van der Waals surface area contributed by atoms with Crippen LogP contribution < -0.4 is 5.32 Å². The summed E-state index contributed by atoms with van der Waals surface area (Å²) in [6.07, 6.45) is 11.5. The number of hydrogen-bond acceptors (Lipinski definition) is 8. The molecule has 6 heterocycles. The van der Waals surface area contributed by atoms with Gasteiger partial charge in [0.05, 0.1) is 42.1 Å². The Labute approximate surface area is 344 Å². The maximum Gasteiger partial charge on any atom is 0.407 e. The Morgan fingerprint density at radius 1 is 0.847 bits per heavy atom. The molecule has 59 heavy (non-hydrogen) atoms. The number of rotatable bonds is 8. The van der Waals surface area contributed by atoms with E-state index in [9.17, 15) is 14.4 Å². The normalized spacial score (nSPS) is 23.9. The SMILES string of the molecule is COC(=O)N[C@H](C(=O)N1CC2(CC2)C[C@H]1c1ncc(-c2ccc(C#Cc3ccc4nc([C@@H]5CC6(CC6)CN5C(=O)CC5CCOCC5)[nH]c4c3)cc2)[nH]1)C1CCOCC1. The summed E-state index contributed by atoms with van der Waals surface area (Å²) in [4.78, 5) is 61.2. The van der Waals surface area contributed by atoms with Crippen molar-refractivity contribution in [1.82, 2.24) is 35.1 Å². The summed E-state index contributed by atoms with van der Waals surface area (Å²) in [7, 11) is 1.33. The summed E-state index contributed by atoms with van der Waals surface area (Å²) < 4.78 is 16.0. The van der Waals surface area contributed by atoms with Crippen molar-refractivity contribution < 1.29 is 28.6 Å². The Kier molecular flexibility index (Phi) is 9.96. The molecule has 4 aliphatic heterocycles. The molecule has 4 saturated heterocycles. The highest BCUT2D eigenvalue weighted by Gasteiger charge is 2.56. The molecule has 10 rings (SSSR count). The van der Waals surface area contributed by atoms with Crippen molar-refractivity contribution in [3.05, 3.63) is 71.4 Å². The minimum atomic E-state index is -0.674. The molecule has 3 N–H and O–H groups in total. The Hall–Kier alpha value is -5.19. The lowest BCUT2D eigenvalue weighted by molar-refractivity contribution is -0.137. The number of benzene rings is 2. The number of methoxy groups -OCH3 is 1. The summed E-state index contributed by atoms with van der Waals surface area (Å²) >= 11 is 0. The number of H-pyrrole nitrogens is 2. The van der Waals surface area contributed by atoms with Crippen LogP contribution in [-0.2, 0) is 23.8 Å². The zero-order chi connectivity index (χ0) is 40.1. The van der Waals surface area contributed by atoms with E-state index >= 15 is 0 Å². The fourth-order valence-corrected chi connectivity index (χ4v) is 10.1. The zero-order valence-electron chi connectivity index (χ0n) is 33.8. The van der Waals surface area contributed by atoms with Crippen LogP contribution in [0.3, 0.4) is 0 Å². The molecule has 2 spiro atoms. The topological polar surface area (TPSA) is 155 Å². The van der Waals surface area contributed by atoms with Crippen LogP contribution in [-0.4, -0.2) is 100 Å². The van der Waals surface area contributed by atoms with E-state index in [4.69, 9.17) is 24.2 Å². The number of nitrogens with one attached hydrogen (secondary N) is 3. The monoisotopic (exact) mass is 799 g/mol. The molecule has 2 aromatic carbocycles. The van der Waals surface area contributed by atoms with E-state index in [1.54, 1.807) is 0 Å². The molecular weight excluding hydrogens is 747 g/mol. The van der Waals surface area contributed by atoms with Crippen molar-refractivity contribution in [1.29, 1.82) is 0 Å². The van der Waals surface area contributed by atoms with Crippen LogP contribution in [0.25, 0.3) is 22.3 Å². The molecule has 2 aromatic heterocycles. The summed E-state index contributed by atoms with van der Waals surface area (Å²) in [6.45, 7) is 4.14. The Bertz CT molecular complexity index is 2290. The molecule has 0 radical (unpaired) electrons. The Balaban J connectivity index is 0.818. The van der Waals surface area contributed by atoms with E-state index in [0.29, 0.717) is 44.9 Å². The number of imidazole rings is 2. The van der Waals surface area contributed by atoms with Gasteiger partial charge in [-0.05, 0) is 123 Å². The molecule has 6 aliphatic rings. The minimum Gasteiger partial charge on any atom is -0.453 e. The predicted octanol–water partition coefficient (Wildman–Crippen LogP) is 6.43. The average molecular weight is 800 g/mol. The summed E-state index contributed by atoms with van der Waals surface area (Å²) in [5.74, 6) is 8.85. The zero-order valence-corrected chi connectivity index (χ0v) is 33.8. The summed E-state index contributed by atoms with van der Waals surface area (Å²) in [6, 6.07) is 13.3. The van der Waals surface area contributed by atoms with Crippen molar-refractivity contribution in [3.63, 3.8) is 0 Å². The van der Waals surface area contributed by atoms with Gasteiger partial charge in [0.15, 0.2) is 0 Å². The third-order valence-corrected chi connectivity index (χ3v) is 14.1. The number of aromatic amines is 2. The maximum atomic E-state index is 14.2. The van der Waals surface area contributed by atoms with Crippen molar-refractivity contribution >= 4 is 28.9 Å². The number of likely N-dealkylation sites (tertiary alicyclic amines) is 2. The molecule has 2 aliphatic carbocycles. The van der Waals surface area contributed by atoms with Gasteiger partial charge in [-0.1, -0.05) is 24.0 Å². The van der Waals surface area contributed by atoms with Gasteiger partial charge in [0.25, 0.3) is 0 Å². The molecule has 308 valence electrons. The molecule has 13 heteroatoms. The van der Waals surface area contributed by atoms with Crippen LogP contribution in [0.4, 0.5) is 4.79 Å². The number of nitrogens with zero attached hydrogens (tertiary/aromatic N) is 4. The number of hydrogen-bond donors (Lipinski definition) is 3. The van der Waals surface area contributed by atoms with Gasteiger partial charge < -0.3 is 39.3 Å². The molecule has 6 fully saturated rings. The lowest BCUT2D eigenvalue weighted by Gasteiger charge is -2.34. The van der Waals surface area contributed by atoms with Crippen LogP contribution in [0.5, 0.6) is 0 Å². The first kappa shape index (κ1) is 38.0. The van der Waals surface area contributed by atoms with Crippen molar-refractivity contribution in [3.8, 4) is 23.1 Å². The minimum absolute atomic E-state index is 0.0180.